The van der Waals surface area contributed by atoms with Crippen LogP contribution in [0.3, 0.4) is 0 Å². The van der Waals surface area contributed by atoms with Crippen LogP contribution in [0.15, 0.2) is 49.1 Å². The normalized spacial score (nSPS) is 16.8. The number of aliphatic hydroxyl groups excluding tert-OH is 1. The molecule has 1 aliphatic heterocycles. The van der Waals surface area contributed by atoms with Gasteiger partial charge in [0, 0.05) is 56.1 Å². The van der Waals surface area contributed by atoms with Crippen molar-refractivity contribution in [3.05, 3.63) is 60.2 Å². The third-order valence-corrected chi connectivity index (χ3v) is 3.74. The average Bonchev–Trinajstić information content (AvgIpc) is 3.01. The van der Waals surface area contributed by atoms with Gasteiger partial charge in [-0.25, -0.2) is 9.99 Å². The Morgan fingerprint density at radius 2 is 2.25 bits per heavy atom. The van der Waals surface area contributed by atoms with Crippen molar-refractivity contribution in [2.75, 3.05) is 25.3 Å². The Balaban J connectivity index is 1.62. The van der Waals surface area contributed by atoms with Crippen LogP contribution < -0.4 is 15.8 Å². The Labute approximate surface area is 141 Å². The zero-order chi connectivity index (χ0) is 16.8. The van der Waals surface area contributed by atoms with E-state index in [1.165, 1.54) is 0 Å². The number of ether oxygens (including phenoxy) is 1. The summed E-state index contributed by atoms with van der Waals surface area (Å²) < 4.78 is 4.99. The monoisotopic (exact) mass is 327 g/mol. The molecule has 2 aromatic heterocycles. The summed E-state index contributed by atoms with van der Waals surface area (Å²) in [6.45, 7) is 2.20. The van der Waals surface area contributed by atoms with E-state index in [1.54, 1.807) is 36.9 Å². The van der Waals surface area contributed by atoms with E-state index >= 15 is 0 Å². The topological polar surface area (TPSA) is 82.5 Å². The predicted molar refractivity (Wildman–Crippen MR) is 91.7 cm³/mol. The first-order valence-electron chi connectivity index (χ1n) is 7.78. The van der Waals surface area contributed by atoms with Crippen LogP contribution in [0.4, 0.5) is 5.82 Å². The van der Waals surface area contributed by atoms with Crippen molar-refractivity contribution < 1.29 is 9.84 Å². The molecule has 0 aliphatic carbocycles. The van der Waals surface area contributed by atoms with Gasteiger partial charge in [0.2, 0.25) is 0 Å². The van der Waals surface area contributed by atoms with E-state index in [0.717, 1.165) is 29.8 Å². The number of aliphatic hydroxyl groups is 1. The largest absolute Gasteiger partial charge is 0.383 e. The summed E-state index contributed by atoms with van der Waals surface area (Å²) >= 11 is 0. The quantitative estimate of drug-likeness (QED) is 0.652. The molecule has 0 spiro atoms. The second-order valence-electron chi connectivity index (χ2n) is 5.41. The molecule has 24 heavy (non-hydrogen) atoms. The summed E-state index contributed by atoms with van der Waals surface area (Å²) in [5.41, 5.74) is 5.76. The number of aromatic nitrogens is 2. The van der Waals surface area contributed by atoms with Crippen molar-refractivity contribution in [2.24, 2.45) is 0 Å². The maximum Gasteiger partial charge on any atom is 0.175 e. The lowest BCUT2D eigenvalue weighted by molar-refractivity contribution is 0.199. The molecule has 3 rings (SSSR count). The second-order valence-corrected chi connectivity index (χ2v) is 5.41. The minimum atomic E-state index is -0.813. The van der Waals surface area contributed by atoms with Crippen molar-refractivity contribution in [1.29, 1.82) is 0 Å². The van der Waals surface area contributed by atoms with Gasteiger partial charge in [-0.05, 0) is 17.7 Å². The first-order valence-corrected chi connectivity index (χ1v) is 7.78. The maximum atomic E-state index is 10.5. The fourth-order valence-corrected chi connectivity index (χ4v) is 2.45. The molecule has 1 atom stereocenters. The molecule has 0 radical (unpaired) electrons. The summed E-state index contributed by atoms with van der Waals surface area (Å²) in [7, 11) is 1.68. The number of anilines is 1. The molecule has 0 bridgehead atoms. The Bertz CT molecular complexity index is 675. The molecule has 1 aliphatic rings. The minimum Gasteiger partial charge on any atom is -0.383 e. The van der Waals surface area contributed by atoms with E-state index in [2.05, 4.69) is 20.7 Å². The van der Waals surface area contributed by atoms with Crippen LogP contribution in [0.1, 0.15) is 11.1 Å². The summed E-state index contributed by atoms with van der Waals surface area (Å²) in [4.78, 5) is 8.51. The SMILES string of the molecule is COCCNCc1ccc(N2NC=C(c3cccnc3)C2O)nc1. The van der Waals surface area contributed by atoms with E-state index < -0.39 is 6.23 Å². The number of rotatable bonds is 7. The zero-order valence-corrected chi connectivity index (χ0v) is 13.5. The lowest BCUT2D eigenvalue weighted by atomic mass is 10.1. The Hall–Kier alpha value is -2.48. The standard InChI is InChI=1S/C17H21N5O2/c1-24-8-7-19-9-13-4-5-16(20-10-13)22-17(23)15(12-21-22)14-3-2-6-18-11-14/h2-6,10-12,17,19,21,23H,7-9H2,1H3. The molecule has 126 valence electrons. The van der Waals surface area contributed by atoms with Gasteiger partial charge in [-0.15, -0.1) is 0 Å². The zero-order valence-electron chi connectivity index (χ0n) is 13.5. The van der Waals surface area contributed by atoms with E-state index in [-0.39, 0.29) is 0 Å². The van der Waals surface area contributed by atoms with Crippen LogP contribution in [0.2, 0.25) is 0 Å². The van der Waals surface area contributed by atoms with Crippen LogP contribution in [0.25, 0.3) is 5.57 Å². The number of pyridine rings is 2. The van der Waals surface area contributed by atoms with Gasteiger partial charge in [0.15, 0.2) is 6.23 Å². The number of nitrogens with one attached hydrogen (secondary N) is 2. The van der Waals surface area contributed by atoms with Gasteiger partial charge in [0.25, 0.3) is 0 Å². The van der Waals surface area contributed by atoms with Crippen LogP contribution in [0.5, 0.6) is 0 Å². The third kappa shape index (κ3) is 3.70. The predicted octanol–water partition coefficient (Wildman–Crippen LogP) is 0.897. The lowest BCUT2D eigenvalue weighted by Gasteiger charge is -2.23. The van der Waals surface area contributed by atoms with E-state index in [0.29, 0.717) is 12.4 Å². The first kappa shape index (κ1) is 16.4. The van der Waals surface area contributed by atoms with E-state index in [4.69, 9.17) is 4.74 Å². The minimum absolute atomic E-state index is 0.651. The van der Waals surface area contributed by atoms with Crippen LogP contribution in [-0.2, 0) is 11.3 Å². The van der Waals surface area contributed by atoms with Gasteiger partial charge < -0.3 is 20.6 Å². The van der Waals surface area contributed by atoms with Gasteiger partial charge in [0.05, 0.1) is 6.61 Å². The molecule has 1 unspecified atom stereocenters. The van der Waals surface area contributed by atoms with E-state index in [9.17, 15) is 5.11 Å². The van der Waals surface area contributed by atoms with Crippen LogP contribution in [-0.4, -0.2) is 41.6 Å². The molecule has 7 nitrogen and oxygen atoms in total. The lowest BCUT2D eigenvalue weighted by Crippen LogP contribution is -2.38. The van der Waals surface area contributed by atoms with Crippen molar-refractivity contribution in [1.82, 2.24) is 20.7 Å². The van der Waals surface area contributed by atoms with Crippen molar-refractivity contribution in [3.63, 3.8) is 0 Å². The number of hydrogen-bond donors (Lipinski definition) is 3. The molecule has 0 aromatic carbocycles. The Morgan fingerprint density at radius 1 is 1.33 bits per heavy atom. The fraction of sp³-hybridized carbons (Fsp3) is 0.294. The molecule has 0 saturated heterocycles. The average molecular weight is 327 g/mol. The fourth-order valence-electron chi connectivity index (χ4n) is 2.45. The molecule has 3 heterocycles. The summed E-state index contributed by atoms with van der Waals surface area (Å²) in [5, 5.41) is 15.4. The van der Waals surface area contributed by atoms with Gasteiger partial charge in [-0.3, -0.25) is 4.98 Å². The summed E-state index contributed by atoms with van der Waals surface area (Å²) in [5.74, 6) is 0.651. The highest BCUT2D eigenvalue weighted by Crippen LogP contribution is 2.26. The Morgan fingerprint density at radius 3 is 2.96 bits per heavy atom. The molecule has 7 heteroatoms. The van der Waals surface area contributed by atoms with Crippen molar-refractivity contribution in [2.45, 2.75) is 12.8 Å². The number of hydrazine groups is 1. The number of methoxy groups -OCH3 is 1. The highest BCUT2D eigenvalue weighted by molar-refractivity contribution is 5.73. The number of hydrogen-bond acceptors (Lipinski definition) is 7. The van der Waals surface area contributed by atoms with Gasteiger partial charge >= 0.3 is 0 Å². The van der Waals surface area contributed by atoms with E-state index in [1.807, 2.05) is 24.3 Å². The van der Waals surface area contributed by atoms with Crippen molar-refractivity contribution in [3.8, 4) is 0 Å². The number of nitrogens with zero attached hydrogens (tertiary/aromatic N) is 3. The highest BCUT2D eigenvalue weighted by Gasteiger charge is 2.27. The third-order valence-electron chi connectivity index (χ3n) is 3.74. The van der Waals surface area contributed by atoms with Crippen molar-refractivity contribution >= 4 is 11.4 Å². The maximum absolute atomic E-state index is 10.5. The molecule has 0 saturated carbocycles. The van der Waals surface area contributed by atoms with Gasteiger partial charge in [-0.1, -0.05) is 12.1 Å². The summed E-state index contributed by atoms with van der Waals surface area (Å²) in [6, 6.07) is 7.62. The molecule has 0 amide bonds. The second kappa shape index (κ2) is 7.87. The molecular weight excluding hydrogens is 306 g/mol. The smallest absolute Gasteiger partial charge is 0.175 e. The molecule has 0 fully saturated rings. The molecule has 2 aromatic rings. The summed E-state index contributed by atoms with van der Waals surface area (Å²) in [6.07, 6.45) is 6.18. The van der Waals surface area contributed by atoms with Gasteiger partial charge in [-0.2, -0.15) is 0 Å². The molecular formula is C17H21N5O2. The first-order chi connectivity index (χ1) is 11.8. The Kier molecular flexibility index (Phi) is 5.37. The van der Waals surface area contributed by atoms with Gasteiger partial charge in [0.1, 0.15) is 5.82 Å². The van der Waals surface area contributed by atoms with Crippen LogP contribution >= 0.6 is 0 Å². The molecule has 3 N–H and O–H groups in total. The highest BCUT2D eigenvalue weighted by atomic mass is 16.5. The van der Waals surface area contributed by atoms with Crippen LogP contribution in [0, 0.1) is 0 Å².